The quantitative estimate of drug-likeness (QED) is 0.839. The fourth-order valence-corrected chi connectivity index (χ4v) is 3.15. The number of rotatable bonds is 4. The maximum Gasteiger partial charge on any atom is 0.261 e. The van der Waals surface area contributed by atoms with Crippen LogP contribution in [0, 0.1) is 0 Å². The first-order valence-electron chi connectivity index (χ1n) is 6.47. The Morgan fingerprint density at radius 3 is 2.29 bits per heavy atom. The van der Waals surface area contributed by atoms with Crippen LogP contribution in [0.4, 0.5) is 11.4 Å². The molecule has 6 heteroatoms. The van der Waals surface area contributed by atoms with Gasteiger partial charge in [-0.2, -0.15) is 0 Å². The number of sulfonamides is 1. The molecule has 0 saturated heterocycles. The highest BCUT2D eigenvalue weighted by molar-refractivity contribution is 7.92. The van der Waals surface area contributed by atoms with Crippen LogP contribution in [0.2, 0.25) is 5.02 Å². The molecule has 4 nitrogen and oxygen atoms in total. The van der Waals surface area contributed by atoms with Gasteiger partial charge in [-0.3, -0.25) is 4.72 Å². The van der Waals surface area contributed by atoms with E-state index in [2.05, 4.69) is 4.72 Å². The SMILES string of the molecule is CC(C)c1ccc(S(=O)(=O)Nc2cc(N)ccc2Cl)cc1. The van der Waals surface area contributed by atoms with E-state index < -0.39 is 10.0 Å². The third kappa shape index (κ3) is 3.68. The second-order valence-corrected chi connectivity index (χ2v) is 7.16. The third-order valence-corrected chi connectivity index (χ3v) is 4.80. The van der Waals surface area contributed by atoms with Gasteiger partial charge in [0, 0.05) is 5.69 Å². The minimum Gasteiger partial charge on any atom is -0.399 e. The molecule has 0 saturated carbocycles. The van der Waals surface area contributed by atoms with Crippen LogP contribution in [0.15, 0.2) is 47.4 Å². The van der Waals surface area contributed by atoms with Crippen LogP contribution >= 0.6 is 11.6 Å². The first-order valence-corrected chi connectivity index (χ1v) is 8.33. The van der Waals surface area contributed by atoms with Crippen LogP contribution < -0.4 is 10.5 Å². The monoisotopic (exact) mass is 324 g/mol. The van der Waals surface area contributed by atoms with E-state index >= 15 is 0 Å². The summed E-state index contributed by atoms with van der Waals surface area (Å²) < 4.78 is 27.1. The van der Waals surface area contributed by atoms with Gasteiger partial charge in [0.2, 0.25) is 0 Å². The van der Waals surface area contributed by atoms with E-state index in [0.29, 0.717) is 16.6 Å². The Balaban J connectivity index is 2.31. The van der Waals surface area contributed by atoms with Crippen molar-refractivity contribution < 1.29 is 8.42 Å². The minimum atomic E-state index is -3.69. The third-order valence-electron chi connectivity index (χ3n) is 3.09. The molecule has 0 bridgehead atoms. The van der Waals surface area contributed by atoms with Crippen LogP contribution in [0.3, 0.4) is 0 Å². The van der Waals surface area contributed by atoms with E-state index in [-0.39, 0.29) is 10.6 Å². The lowest BCUT2D eigenvalue weighted by atomic mass is 10.0. The molecule has 21 heavy (non-hydrogen) atoms. The number of halogens is 1. The lowest BCUT2D eigenvalue weighted by Crippen LogP contribution is -2.13. The Hall–Kier alpha value is -1.72. The molecule has 0 atom stereocenters. The van der Waals surface area contributed by atoms with Crippen molar-refractivity contribution in [2.75, 3.05) is 10.5 Å². The molecule has 0 amide bonds. The summed E-state index contributed by atoms with van der Waals surface area (Å²) in [5, 5.41) is 0.298. The highest BCUT2D eigenvalue weighted by atomic mass is 35.5. The average molecular weight is 325 g/mol. The molecule has 2 aromatic carbocycles. The summed E-state index contributed by atoms with van der Waals surface area (Å²) in [6, 6.07) is 11.4. The normalized spacial score (nSPS) is 11.6. The maximum atomic E-state index is 12.3. The molecule has 2 aromatic rings. The van der Waals surface area contributed by atoms with Gasteiger partial charge in [-0.15, -0.1) is 0 Å². The molecule has 3 N–H and O–H groups in total. The molecule has 0 spiro atoms. The molecule has 0 aliphatic heterocycles. The molecule has 112 valence electrons. The summed E-state index contributed by atoms with van der Waals surface area (Å²) in [5.41, 5.74) is 7.43. The molecular formula is C15H17ClN2O2S. The predicted octanol–water partition coefficient (Wildman–Crippen LogP) is 3.85. The summed E-state index contributed by atoms with van der Waals surface area (Å²) in [7, 11) is -3.69. The molecule has 0 fully saturated rings. The molecule has 0 aromatic heterocycles. The van der Waals surface area contributed by atoms with Crippen molar-refractivity contribution in [3.8, 4) is 0 Å². The van der Waals surface area contributed by atoms with E-state index in [1.807, 2.05) is 13.8 Å². The summed E-state index contributed by atoms with van der Waals surface area (Å²) in [5.74, 6) is 0.345. The van der Waals surface area contributed by atoms with Gasteiger partial charge in [-0.05, 0) is 41.8 Å². The highest BCUT2D eigenvalue weighted by Gasteiger charge is 2.16. The van der Waals surface area contributed by atoms with Gasteiger partial charge < -0.3 is 5.73 Å². The largest absolute Gasteiger partial charge is 0.399 e. The Bertz CT molecular complexity index is 741. The van der Waals surface area contributed by atoms with E-state index in [4.69, 9.17) is 17.3 Å². The number of hydrogen-bond acceptors (Lipinski definition) is 3. The van der Waals surface area contributed by atoms with E-state index in [9.17, 15) is 8.42 Å². The molecule has 2 rings (SSSR count). The minimum absolute atomic E-state index is 0.186. The van der Waals surface area contributed by atoms with Gasteiger partial charge in [-0.25, -0.2) is 8.42 Å². The Kier molecular flexibility index (Phi) is 4.44. The van der Waals surface area contributed by atoms with E-state index in [0.717, 1.165) is 5.56 Å². The van der Waals surface area contributed by atoms with Crippen molar-refractivity contribution in [2.24, 2.45) is 0 Å². The molecule has 0 aliphatic rings. The molecule has 0 radical (unpaired) electrons. The lowest BCUT2D eigenvalue weighted by molar-refractivity contribution is 0.601. The van der Waals surface area contributed by atoms with Crippen molar-refractivity contribution in [1.29, 1.82) is 0 Å². The standard InChI is InChI=1S/C15H17ClN2O2S/c1-10(2)11-3-6-13(7-4-11)21(19,20)18-15-9-12(17)5-8-14(15)16/h3-10,18H,17H2,1-2H3. The second kappa shape index (κ2) is 5.95. The number of nitrogens with one attached hydrogen (secondary N) is 1. The van der Waals surface area contributed by atoms with Gasteiger partial charge in [0.05, 0.1) is 15.6 Å². The molecule has 0 heterocycles. The number of benzene rings is 2. The zero-order chi connectivity index (χ0) is 15.6. The highest BCUT2D eigenvalue weighted by Crippen LogP contribution is 2.27. The summed E-state index contributed by atoms with van der Waals surface area (Å²) >= 11 is 5.97. The first kappa shape index (κ1) is 15.7. The predicted molar refractivity (Wildman–Crippen MR) is 87.2 cm³/mol. The van der Waals surface area contributed by atoms with Gasteiger partial charge in [0.15, 0.2) is 0 Å². The van der Waals surface area contributed by atoms with Crippen LogP contribution in [0.25, 0.3) is 0 Å². The summed E-state index contributed by atoms with van der Waals surface area (Å²) in [6.45, 7) is 4.10. The zero-order valence-electron chi connectivity index (χ0n) is 11.8. The molecule has 0 aliphatic carbocycles. The maximum absolute atomic E-state index is 12.3. The number of nitrogen functional groups attached to an aromatic ring is 1. The van der Waals surface area contributed by atoms with Crippen LogP contribution in [-0.4, -0.2) is 8.42 Å². The Labute approximate surface area is 130 Å². The Morgan fingerprint density at radius 1 is 1.10 bits per heavy atom. The van der Waals surface area contributed by atoms with Crippen molar-refractivity contribution in [3.05, 3.63) is 53.1 Å². The fourth-order valence-electron chi connectivity index (χ4n) is 1.86. The lowest BCUT2D eigenvalue weighted by Gasteiger charge is -2.11. The average Bonchev–Trinajstić information content (AvgIpc) is 2.43. The molecular weight excluding hydrogens is 308 g/mol. The van der Waals surface area contributed by atoms with Crippen molar-refractivity contribution in [2.45, 2.75) is 24.7 Å². The zero-order valence-corrected chi connectivity index (χ0v) is 13.4. The summed E-state index contributed by atoms with van der Waals surface area (Å²) in [6.07, 6.45) is 0. The van der Waals surface area contributed by atoms with E-state index in [1.54, 1.807) is 36.4 Å². The van der Waals surface area contributed by atoms with Crippen molar-refractivity contribution in [3.63, 3.8) is 0 Å². The van der Waals surface area contributed by atoms with Crippen LogP contribution in [0.5, 0.6) is 0 Å². The number of hydrogen-bond donors (Lipinski definition) is 2. The summed E-state index contributed by atoms with van der Waals surface area (Å²) in [4.78, 5) is 0.186. The second-order valence-electron chi connectivity index (χ2n) is 5.07. The fraction of sp³-hybridized carbons (Fsp3) is 0.200. The van der Waals surface area contributed by atoms with Gasteiger partial charge in [-0.1, -0.05) is 37.6 Å². The van der Waals surface area contributed by atoms with Crippen molar-refractivity contribution in [1.82, 2.24) is 0 Å². The smallest absolute Gasteiger partial charge is 0.261 e. The number of nitrogens with two attached hydrogens (primary N) is 1. The van der Waals surface area contributed by atoms with Crippen LogP contribution in [0.1, 0.15) is 25.3 Å². The topological polar surface area (TPSA) is 72.2 Å². The van der Waals surface area contributed by atoms with Gasteiger partial charge >= 0.3 is 0 Å². The van der Waals surface area contributed by atoms with Crippen LogP contribution in [-0.2, 0) is 10.0 Å². The number of anilines is 2. The van der Waals surface area contributed by atoms with Gasteiger partial charge in [0.1, 0.15) is 0 Å². The van der Waals surface area contributed by atoms with Gasteiger partial charge in [0.25, 0.3) is 10.0 Å². The molecule has 0 unspecified atom stereocenters. The van der Waals surface area contributed by atoms with Crippen molar-refractivity contribution >= 4 is 33.0 Å². The van der Waals surface area contributed by atoms with E-state index in [1.165, 1.54) is 6.07 Å². The first-order chi connectivity index (χ1) is 9.79. The Morgan fingerprint density at radius 2 is 1.71 bits per heavy atom.